The Morgan fingerprint density at radius 1 is 1.32 bits per heavy atom. The van der Waals surface area contributed by atoms with Gasteiger partial charge in [0.2, 0.25) is 0 Å². The molecule has 1 aromatic heterocycles. The molecule has 1 saturated heterocycles. The molecule has 1 N–H and O–H groups in total. The summed E-state index contributed by atoms with van der Waals surface area (Å²) < 4.78 is 1.98. The summed E-state index contributed by atoms with van der Waals surface area (Å²) in [5.41, 5.74) is 1.44. The first-order valence-electron chi connectivity index (χ1n) is 9.32. The van der Waals surface area contributed by atoms with Crippen LogP contribution in [0.5, 0.6) is 0 Å². The molecular formula is C20H29N5. The van der Waals surface area contributed by atoms with Crippen molar-refractivity contribution in [2.24, 2.45) is 10.9 Å². The highest BCUT2D eigenvalue weighted by molar-refractivity contribution is 5.80. The van der Waals surface area contributed by atoms with Crippen molar-refractivity contribution < 1.29 is 0 Å². The van der Waals surface area contributed by atoms with E-state index in [0.717, 1.165) is 38.7 Å². The molecule has 2 unspecified atom stereocenters. The maximum absolute atomic E-state index is 4.89. The molecule has 5 heteroatoms. The van der Waals surface area contributed by atoms with Crippen LogP contribution in [0.1, 0.15) is 31.7 Å². The summed E-state index contributed by atoms with van der Waals surface area (Å²) in [5.74, 6) is 2.11. The zero-order chi connectivity index (χ0) is 17.5. The largest absolute Gasteiger partial charge is 0.357 e. The average molecular weight is 339 g/mol. The van der Waals surface area contributed by atoms with E-state index in [4.69, 9.17) is 4.99 Å². The number of nitrogens with zero attached hydrogens (tertiary/aromatic N) is 4. The molecule has 134 valence electrons. The topological polar surface area (TPSA) is 45.5 Å². The summed E-state index contributed by atoms with van der Waals surface area (Å²) in [5, 5.41) is 7.75. The van der Waals surface area contributed by atoms with E-state index >= 15 is 0 Å². The number of guanidine groups is 1. The first kappa shape index (κ1) is 17.5. The molecule has 2 atom stereocenters. The second kappa shape index (κ2) is 8.70. The number of likely N-dealkylation sites (tertiary alicyclic amines) is 1. The van der Waals surface area contributed by atoms with Crippen molar-refractivity contribution in [3.05, 3.63) is 54.4 Å². The SMILES string of the molecule is CCNC(=NCC(C)Cn1cccn1)N1CCC(c2ccccc2)C1. The van der Waals surface area contributed by atoms with Crippen LogP contribution in [0.25, 0.3) is 0 Å². The number of aromatic nitrogens is 2. The third-order valence-corrected chi connectivity index (χ3v) is 4.70. The number of hydrogen-bond acceptors (Lipinski definition) is 2. The van der Waals surface area contributed by atoms with Gasteiger partial charge in [0.05, 0.1) is 0 Å². The van der Waals surface area contributed by atoms with Crippen molar-refractivity contribution >= 4 is 5.96 Å². The van der Waals surface area contributed by atoms with E-state index in [0.29, 0.717) is 11.8 Å². The van der Waals surface area contributed by atoms with Gasteiger partial charge < -0.3 is 10.2 Å². The van der Waals surface area contributed by atoms with E-state index in [-0.39, 0.29) is 0 Å². The monoisotopic (exact) mass is 339 g/mol. The quantitative estimate of drug-likeness (QED) is 0.650. The summed E-state index contributed by atoms with van der Waals surface area (Å²) in [6.45, 7) is 9.09. The van der Waals surface area contributed by atoms with Gasteiger partial charge in [0.25, 0.3) is 0 Å². The summed E-state index contributed by atoms with van der Waals surface area (Å²) in [7, 11) is 0. The molecule has 0 saturated carbocycles. The molecular weight excluding hydrogens is 310 g/mol. The molecule has 0 bridgehead atoms. The Morgan fingerprint density at radius 3 is 2.88 bits per heavy atom. The van der Waals surface area contributed by atoms with Crippen molar-refractivity contribution in [1.29, 1.82) is 0 Å². The van der Waals surface area contributed by atoms with Gasteiger partial charge in [-0.15, -0.1) is 0 Å². The predicted octanol–water partition coefficient (Wildman–Crippen LogP) is 2.97. The number of hydrogen-bond donors (Lipinski definition) is 1. The standard InChI is InChI=1S/C20H29N5/c1-3-21-20(22-14-17(2)15-25-12-7-11-23-25)24-13-10-19(16-24)18-8-5-4-6-9-18/h4-9,11-12,17,19H,3,10,13-16H2,1-2H3,(H,21,22). The molecule has 0 amide bonds. The van der Waals surface area contributed by atoms with Gasteiger partial charge in [-0.2, -0.15) is 5.10 Å². The maximum atomic E-state index is 4.89. The Hall–Kier alpha value is -2.30. The van der Waals surface area contributed by atoms with Crippen LogP contribution in [-0.2, 0) is 6.54 Å². The van der Waals surface area contributed by atoms with E-state index in [1.807, 2.05) is 23.1 Å². The van der Waals surface area contributed by atoms with Crippen molar-refractivity contribution in [2.45, 2.75) is 32.7 Å². The highest BCUT2D eigenvalue weighted by atomic mass is 15.3. The zero-order valence-electron chi connectivity index (χ0n) is 15.3. The Balaban J connectivity index is 1.58. The van der Waals surface area contributed by atoms with E-state index in [9.17, 15) is 0 Å². The molecule has 0 spiro atoms. The van der Waals surface area contributed by atoms with Crippen LogP contribution in [0.3, 0.4) is 0 Å². The van der Waals surface area contributed by atoms with Gasteiger partial charge in [0.1, 0.15) is 0 Å². The van der Waals surface area contributed by atoms with Gasteiger partial charge in [-0.25, -0.2) is 0 Å². The maximum Gasteiger partial charge on any atom is 0.193 e. The van der Waals surface area contributed by atoms with Crippen LogP contribution < -0.4 is 5.32 Å². The summed E-state index contributed by atoms with van der Waals surface area (Å²) in [6.07, 6.45) is 5.03. The fraction of sp³-hybridized carbons (Fsp3) is 0.500. The second-order valence-electron chi connectivity index (χ2n) is 6.87. The number of benzene rings is 1. The smallest absolute Gasteiger partial charge is 0.193 e. The third kappa shape index (κ3) is 4.84. The van der Waals surface area contributed by atoms with Gasteiger partial charge in [0, 0.05) is 51.0 Å². The number of aliphatic imine (C=N–C) groups is 1. The van der Waals surface area contributed by atoms with E-state index in [1.54, 1.807) is 0 Å². The highest BCUT2D eigenvalue weighted by Gasteiger charge is 2.25. The van der Waals surface area contributed by atoms with Crippen LogP contribution in [-0.4, -0.2) is 46.8 Å². The molecule has 25 heavy (non-hydrogen) atoms. The van der Waals surface area contributed by atoms with Crippen LogP contribution in [0.15, 0.2) is 53.8 Å². The minimum Gasteiger partial charge on any atom is -0.357 e. The Bertz CT molecular complexity index is 650. The summed E-state index contributed by atoms with van der Waals surface area (Å²) in [4.78, 5) is 7.30. The molecule has 0 radical (unpaired) electrons. The van der Waals surface area contributed by atoms with Crippen LogP contribution in [0.4, 0.5) is 0 Å². The minimum absolute atomic E-state index is 0.459. The minimum atomic E-state index is 0.459. The Morgan fingerprint density at radius 2 is 2.16 bits per heavy atom. The fourth-order valence-electron chi connectivity index (χ4n) is 3.40. The number of rotatable bonds is 6. The van der Waals surface area contributed by atoms with Gasteiger partial charge in [-0.3, -0.25) is 9.67 Å². The molecule has 2 heterocycles. The summed E-state index contributed by atoms with van der Waals surface area (Å²) in [6, 6.07) is 12.8. The second-order valence-corrected chi connectivity index (χ2v) is 6.87. The lowest BCUT2D eigenvalue weighted by Gasteiger charge is -2.22. The lowest BCUT2D eigenvalue weighted by Crippen LogP contribution is -2.40. The van der Waals surface area contributed by atoms with Crippen molar-refractivity contribution in [2.75, 3.05) is 26.2 Å². The van der Waals surface area contributed by atoms with Crippen LogP contribution in [0.2, 0.25) is 0 Å². The van der Waals surface area contributed by atoms with Gasteiger partial charge >= 0.3 is 0 Å². The Kier molecular flexibility index (Phi) is 6.09. The normalized spacial score (nSPS) is 19.2. The Labute approximate surface area is 150 Å². The van der Waals surface area contributed by atoms with Crippen LogP contribution >= 0.6 is 0 Å². The molecule has 1 aromatic carbocycles. The van der Waals surface area contributed by atoms with E-state index < -0.39 is 0 Å². The third-order valence-electron chi connectivity index (χ3n) is 4.70. The molecule has 5 nitrogen and oxygen atoms in total. The molecule has 1 fully saturated rings. The predicted molar refractivity (Wildman–Crippen MR) is 103 cm³/mol. The molecule has 2 aromatic rings. The average Bonchev–Trinajstić information content (AvgIpc) is 3.31. The van der Waals surface area contributed by atoms with Gasteiger partial charge in [-0.1, -0.05) is 37.3 Å². The van der Waals surface area contributed by atoms with Gasteiger partial charge in [0.15, 0.2) is 5.96 Å². The molecule has 3 rings (SSSR count). The van der Waals surface area contributed by atoms with Crippen molar-refractivity contribution in [1.82, 2.24) is 20.0 Å². The molecule has 1 aliphatic heterocycles. The number of nitrogens with one attached hydrogen (secondary N) is 1. The summed E-state index contributed by atoms with van der Waals surface area (Å²) >= 11 is 0. The van der Waals surface area contributed by atoms with Crippen molar-refractivity contribution in [3.8, 4) is 0 Å². The first-order valence-corrected chi connectivity index (χ1v) is 9.32. The molecule has 0 aliphatic carbocycles. The van der Waals surface area contributed by atoms with Crippen molar-refractivity contribution in [3.63, 3.8) is 0 Å². The molecule has 1 aliphatic rings. The van der Waals surface area contributed by atoms with E-state index in [1.165, 1.54) is 12.0 Å². The van der Waals surface area contributed by atoms with Gasteiger partial charge in [-0.05, 0) is 30.9 Å². The van der Waals surface area contributed by atoms with Crippen LogP contribution in [0, 0.1) is 5.92 Å². The zero-order valence-corrected chi connectivity index (χ0v) is 15.3. The highest BCUT2D eigenvalue weighted by Crippen LogP contribution is 2.26. The first-order chi connectivity index (χ1) is 12.3. The fourth-order valence-corrected chi connectivity index (χ4v) is 3.40. The van der Waals surface area contributed by atoms with E-state index in [2.05, 4.69) is 59.5 Å². The lowest BCUT2D eigenvalue weighted by atomic mass is 9.99. The lowest BCUT2D eigenvalue weighted by molar-refractivity contribution is 0.446.